The van der Waals surface area contributed by atoms with Crippen molar-refractivity contribution in [1.82, 2.24) is 5.32 Å². The van der Waals surface area contributed by atoms with Gasteiger partial charge in [-0.05, 0) is 48.2 Å². The van der Waals surface area contributed by atoms with Crippen molar-refractivity contribution in [3.63, 3.8) is 0 Å². The van der Waals surface area contributed by atoms with Gasteiger partial charge in [0.25, 0.3) is 0 Å². The first-order valence-electron chi connectivity index (χ1n) is 7.36. The van der Waals surface area contributed by atoms with Gasteiger partial charge in [0, 0.05) is 6.04 Å². The maximum atomic E-state index is 6.49. The molecule has 0 fully saturated rings. The van der Waals surface area contributed by atoms with Crippen molar-refractivity contribution in [1.29, 1.82) is 0 Å². The third kappa shape index (κ3) is 3.22. The van der Waals surface area contributed by atoms with Gasteiger partial charge in [0.2, 0.25) is 0 Å². The van der Waals surface area contributed by atoms with Crippen LogP contribution in [0.2, 0.25) is 0 Å². The van der Waals surface area contributed by atoms with Gasteiger partial charge in [0.05, 0.1) is 12.5 Å². The third-order valence-corrected chi connectivity index (χ3v) is 4.51. The minimum absolute atomic E-state index is 0.151. The van der Waals surface area contributed by atoms with Gasteiger partial charge in [0.15, 0.2) is 0 Å². The highest BCUT2D eigenvalue weighted by Crippen LogP contribution is 2.34. The molecule has 3 rings (SSSR count). The van der Waals surface area contributed by atoms with Crippen molar-refractivity contribution in [3.8, 4) is 5.75 Å². The Balaban J connectivity index is 1.58. The van der Waals surface area contributed by atoms with Crippen molar-refractivity contribution in [2.45, 2.75) is 24.3 Å². The van der Waals surface area contributed by atoms with Crippen LogP contribution in [0.4, 0.5) is 0 Å². The van der Waals surface area contributed by atoms with Crippen LogP contribution in [0.1, 0.15) is 22.7 Å². The summed E-state index contributed by atoms with van der Waals surface area (Å²) in [6.07, 6.45) is 1.95. The Hall–Kier alpha value is -1.51. The second-order valence-electron chi connectivity index (χ2n) is 5.45. The number of alkyl halides is 1. The largest absolute Gasteiger partial charge is 0.497 e. The number of rotatable bonds is 5. The normalized spacial score (nSPS) is 20.3. The molecule has 0 aromatic heterocycles. The molecule has 0 amide bonds. The minimum Gasteiger partial charge on any atom is -0.497 e. The Kier molecular flexibility index (Phi) is 4.47. The van der Waals surface area contributed by atoms with E-state index in [9.17, 15) is 0 Å². The molecule has 1 N–H and O–H groups in total. The summed E-state index contributed by atoms with van der Waals surface area (Å²) in [6.45, 7) is 0.925. The highest BCUT2D eigenvalue weighted by Gasteiger charge is 2.29. The van der Waals surface area contributed by atoms with Crippen molar-refractivity contribution in [2.75, 3.05) is 13.7 Å². The van der Waals surface area contributed by atoms with Crippen LogP contribution in [0.25, 0.3) is 0 Å². The number of halogens is 1. The summed E-state index contributed by atoms with van der Waals surface area (Å²) in [6, 6.07) is 17.0. The lowest BCUT2D eigenvalue weighted by molar-refractivity contribution is 0.414. The predicted octanol–water partition coefficient (Wildman–Crippen LogP) is 3.73. The van der Waals surface area contributed by atoms with E-state index in [0.29, 0.717) is 0 Å². The molecule has 2 aromatic rings. The molecule has 0 heterocycles. The molecule has 0 aliphatic heterocycles. The lowest BCUT2D eigenvalue weighted by Crippen LogP contribution is -2.27. The van der Waals surface area contributed by atoms with Gasteiger partial charge < -0.3 is 10.1 Å². The zero-order chi connectivity index (χ0) is 14.7. The number of nitrogens with one attached hydrogen (secondary N) is 1. The van der Waals surface area contributed by atoms with E-state index in [1.54, 1.807) is 7.11 Å². The fourth-order valence-electron chi connectivity index (χ4n) is 2.95. The lowest BCUT2D eigenvalue weighted by atomic mass is 10.1. The zero-order valence-electron chi connectivity index (χ0n) is 12.2. The first-order chi connectivity index (χ1) is 10.3. The molecule has 0 spiro atoms. The van der Waals surface area contributed by atoms with Gasteiger partial charge >= 0.3 is 0 Å². The summed E-state index contributed by atoms with van der Waals surface area (Å²) in [4.78, 5) is 0. The summed E-state index contributed by atoms with van der Waals surface area (Å²) in [7, 11) is 1.69. The molecule has 3 heteroatoms. The van der Waals surface area contributed by atoms with E-state index in [0.717, 1.165) is 25.1 Å². The molecular formula is C18H20ClNO. The van der Waals surface area contributed by atoms with Gasteiger partial charge in [-0.25, -0.2) is 0 Å². The standard InChI is InChI=1S/C18H20ClNO/c1-21-15-8-6-13(7-9-15)10-11-20-18-16-5-3-2-4-14(16)12-17(18)19/h2-9,17-18,20H,10-12H2,1H3. The lowest BCUT2D eigenvalue weighted by Gasteiger charge is -2.17. The number of benzene rings is 2. The Bertz CT molecular complexity index is 596. The monoisotopic (exact) mass is 301 g/mol. The van der Waals surface area contributed by atoms with Crippen molar-refractivity contribution in [3.05, 3.63) is 65.2 Å². The summed E-state index contributed by atoms with van der Waals surface area (Å²) in [5.41, 5.74) is 4.03. The van der Waals surface area contributed by atoms with E-state index in [1.807, 2.05) is 12.1 Å². The smallest absolute Gasteiger partial charge is 0.118 e. The van der Waals surface area contributed by atoms with Crippen molar-refractivity contribution >= 4 is 11.6 Å². The zero-order valence-corrected chi connectivity index (χ0v) is 12.9. The van der Waals surface area contributed by atoms with Crippen LogP contribution in [0.15, 0.2) is 48.5 Å². The van der Waals surface area contributed by atoms with E-state index in [-0.39, 0.29) is 11.4 Å². The van der Waals surface area contributed by atoms with Gasteiger partial charge in [-0.3, -0.25) is 0 Å². The third-order valence-electron chi connectivity index (χ3n) is 4.10. The van der Waals surface area contributed by atoms with Crippen LogP contribution in [0.5, 0.6) is 5.75 Å². The molecule has 2 nitrogen and oxygen atoms in total. The fraction of sp³-hybridized carbons (Fsp3) is 0.333. The molecule has 2 atom stereocenters. The summed E-state index contributed by atoms with van der Waals surface area (Å²) >= 11 is 6.49. The Morgan fingerprint density at radius 3 is 2.67 bits per heavy atom. The molecule has 1 aliphatic rings. The van der Waals surface area contributed by atoms with Gasteiger partial charge in [0.1, 0.15) is 5.75 Å². The average Bonchev–Trinajstić information content (AvgIpc) is 2.84. The Labute approximate surface area is 131 Å². The van der Waals surface area contributed by atoms with Crippen LogP contribution < -0.4 is 10.1 Å². The van der Waals surface area contributed by atoms with Crippen molar-refractivity contribution in [2.24, 2.45) is 0 Å². The fourth-order valence-corrected chi connectivity index (χ4v) is 3.34. The summed E-state index contributed by atoms with van der Waals surface area (Å²) < 4.78 is 5.17. The quantitative estimate of drug-likeness (QED) is 0.850. The van der Waals surface area contributed by atoms with Crippen LogP contribution in [0, 0.1) is 0 Å². The van der Waals surface area contributed by atoms with E-state index < -0.39 is 0 Å². The van der Waals surface area contributed by atoms with E-state index in [1.165, 1.54) is 16.7 Å². The molecule has 21 heavy (non-hydrogen) atoms. The van der Waals surface area contributed by atoms with Gasteiger partial charge in [-0.1, -0.05) is 36.4 Å². The topological polar surface area (TPSA) is 21.3 Å². The second kappa shape index (κ2) is 6.50. The second-order valence-corrected chi connectivity index (χ2v) is 6.01. The van der Waals surface area contributed by atoms with E-state index in [4.69, 9.17) is 16.3 Å². The molecule has 0 radical (unpaired) electrons. The molecule has 2 aromatic carbocycles. The number of fused-ring (bicyclic) bond motifs is 1. The minimum atomic E-state index is 0.151. The maximum absolute atomic E-state index is 6.49. The van der Waals surface area contributed by atoms with Crippen LogP contribution in [-0.4, -0.2) is 19.0 Å². The predicted molar refractivity (Wildman–Crippen MR) is 87.2 cm³/mol. The molecule has 2 unspecified atom stereocenters. The Morgan fingerprint density at radius 1 is 1.14 bits per heavy atom. The van der Waals surface area contributed by atoms with Gasteiger partial charge in [-0.2, -0.15) is 0 Å². The average molecular weight is 302 g/mol. The number of hydrogen-bond acceptors (Lipinski definition) is 2. The molecule has 0 saturated heterocycles. The molecule has 1 aliphatic carbocycles. The van der Waals surface area contributed by atoms with E-state index >= 15 is 0 Å². The summed E-state index contributed by atoms with van der Waals surface area (Å²) in [5.74, 6) is 0.900. The first kappa shape index (κ1) is 14.4. The number of ether oxygens (including phenoxy) is 1. The van der Waals surface area contributed by atoms with Crippen LogP contribution in [0.3, 0.4) is 0 Å². The van der Waals surface area contributed by atoms with Crippen molar-refractivity contribution < 1.29 is 4.74 Å². The summed E-state index contributed by atoms with van der Waals surface area (Å²) in [5, 5.41) is 3.75. The van der Waals surface area contributed by atoms with E-state index in [2.05, 4.69) is 41.7 Å². The molecule has 0 saturated carbocycles. The first-order valence-corrected chi connectivity index (χ1v) is 7.80. The maximum Gasteiger partial charge on any atom is 0.118 e. The number of methoxy groups -OCH3 is 1. The molecule has 0 bridgehead atoms. The van der Waals surface area contributed by atoms with Crippen LogP contribution >= 0.6 is 11.6 Å². The number of hydrogen-bond donors (Lipinski definition) is 1. The highest BCUT2D eigenvalue weighted by molar-refractivity contribution is 6.21. The molecular weight excluding hydrogens is 282 g/mol. The Morgan fingerprint density at radius 2 is 1.90 bits per heavy atom. The SMILES string of the molecule is COc1ccc(CCNC2c3ccccc3CC2Cl)cc1. The molecule has 110 valence electrons. The van der Waals surface area contributed by atoms with Crippen LogP contribution in [-0.2, 0) is 12.8 Å². The highest BCUT2D eigenvalue weighted by atomic mass is 35.5. The van der Waals surface area contributed by atoms with Gasteiger partial charge in [-0.15, -0.1) is 11.6 Å².